The largest absolute Gasteiger partial charge is 0.573 e. The number of aromatic nitrogens is 2. The zero-order chi connectivity index (χ0) is 24.4. The summed E-state index contributed by atoms with van der Waals surface area (Å²) in [6.07, 6.45) is -4.56. The Hall–Kier alpha value is -3.01. The van der Waals surface area contributed by atoms with E-state index in [-0.39, 0.29) is 34.9 Å². The number of rotatable bonds is 8. The second-order valence-corrected chi connectivity index (χ2v) is 8.50. The maximum absolute atomic E-state index is 13.8. The van der Waals surface area contributed by atoms with Crippen molar-refractivity contribution >= 4 is 10.9 Å². The summed E-state index contributed by atoms with van der Waals surface area (Å²) >= 11 is 0. The molecule has 178 valence electrons. The number of hydrogen-bond acceptors (Lipinski definition) is 5. The molecule has 0 amide bonds. The van der Waals surface area contributed by atoms with E-state index in [4.69, 9.17) is 10.5 Å². The SMILES string of the molecule is CC(C)C[C@](C)(N)COc1c(C(F)F)ccnc1-c1ccnc2ccc(OC(F)(F)F)cc12. The van der Waals surface area contributed by atoms with Crippen LogP contribution in [0.2, 0.25) is 0 Å². The molecule has 3 aromatic rings. The minimum Gasteiger partial charge on any atom is -0.489 e. The van der Waals surface area contributed by atoms with Crippen LogP contribution in [0.3, 0.4) is 0 Å². The van der Waals surface area contributed by atoms with Gasteiger partial charge in [-0.1, -0.05) is 13.8 Å². The van der Waals surface area contributed by atoms with Crippen LogP contribution in [0.4, 0.5) is 22.0 Å². The van der Waals surface area contributed by atoms with Crippen LogP contribution in [0.15, 0.2) is 42.7 Å². The van der Waals surface area contributed by atoms with Gasteiger partial charge in [0, 0.05) is 28.9 Å². The highest BCUT2D eigenvalue weighted by Crippen LogP contribution is 2.40. The quantitative estimate of drug-likeness (QED) is 0.394. The van der Waals surface area contributed by atoms with Gasteiger partial charge in [-0.3, -0.25) is 9.97 Å². The number of fused-ring (bicyclic) bond motifs is 1. The van der Waals surface area contributed by atoms with Gasteiger partial charge in [0.25, 0.3) is 6.43 Å². The average Bonchev–Trinajstić information content (AvgIpc) is 2.69. The summed E-state index contributed by atoms with van der Waals surface area (Å²) < 4.78 is 75.6. The molecular formula is C23H24F5N3O2. The van der Waals surface area contributed by atoms with Gasteiger partial charge in [-0.15, -0.1) is 13.2 Å². The molecule has 0 aliphatic heterocycles. The Morgan fingerprint density at radius 2 is 1.73 bits per heavy atom. The highest BCUT2D eigenvalue weighted by Gasteiger charge is 2.31. The Morgan fingerprint density at radius 3 is 2.36 bits per heavy atom. The molecule has 0 saturated carbocycles. The highest BCUT2D eigenvalue weighted by molar-refractivity contribution is 5.95. The van der Waals surface area contributed by atoms with Crippen LogP contribution in [0.25, 0.3) is 22.2 Å². The van der Waals surface area contributed by atoms with Crippen LogP contribution < -0.4 is 15.2 Å². The van der Waals surface area contributed by atoms with Gasteiger partial charge in [0.05, 0.1) is 11.1 Å². The molecule has 0 aliphatic rings. The van der Waals surface area contributed by atoms with Crippen LogP contribution in [0, 0.1) is 5.92 Å². The van der Waals surface area contributed by atoms with Crippen LogP contribution in [-0.2, 0) is 0 Å². The molecule has 2 heterocycles. The number of alkyl halides is 5. The fourth-order valence-electron chi connectivity index (χ4n) is 3.74. The van der Waals surface area contributed by atoms with Crippen molar-refractivity contribution in [2.75, 3.05) is 6.61 Å². The minimum atomic E-state index is -4.89. The van der Waals surface area contributed by atoms with Crippen molar-refractivity contribution in [3.05, 3.63) is 48.3 Å². The number of benzene rings is 1. The lowest BCUT2D eigenvalue weighted by Crippen LogP contribution is -2.43. The summed E-state index contributed by atoms with van der Waals surface area (Å²) in [6.45, 7) is 5.66. The third kappa shape index (κ3) is 6.28. The highest BCUT2D eigenvalue weighted by atomic mass is 19.4. The van der Waals surface area contributed by atoms with Crippen molar-refractivity contribution < 1.29 is 31.4 Å². The van der Waals surface area contributed by atoms with E-state index in [2.05, 4.69) is 14.7 Å². The molecule has 2 aromatic heterocycles. The van der Waals surface area contributed by atoms with E-state index in [9.17, 15) is 22.0 Å². The molecule has 0 unspecified atom stereocenters. The normalized spacial score (nSPS) is 14.0. The summed E-state index contributed by atoms with van der Waals surface area (Å²) in [6, 6.07) is 6.22. The lowest BCUT2D eigenvalue weighted by molar-refractivity contribution is -0.274. The predicted octanol–water partition coefficient (Wildman–Crippen LogP) is 6.28. The number of ether oxygens (including phenoxy) is 2. The molecule has 5 nitrogen and oxygen atoms in total. The second-order valence-electron chi connectivity index (χ2n) is 8.50. The summed E-state index contributed by atoms with van der Waals surface area (Å²) in [7, 11) is 0. The van der Waals surface area contributed by atoms with E-state index in [1.807, 2.05) is 13.8 Å². The van der Waals surface area contributed by atoms with Gasteiger partial charge in [-0.05, 0) is 49.6 Å². The zero-order valence-electron chi connectivity index (χ0n) is 18.3. The summed E-state index contributed by atoms with van der Waals surface area (Å²) in [5.41, 5.74) is 5.74. The Morgan fingerprint density at radius 1 is 1.03 bits per heavy atom. The number of hydrogen-bond donors (Lipinski definition) is 1. The van der Waals surface area contributed by atoms with Crippen LogP contribution in [0.1, 0.15) is 39.2 Å². The molecule has 10 heteroatoms. The van der Waals surface area contributed by atoms with Gasteiger partial charge in [0.1, 0.15) is 18.1 Å². The first-order valence-corrected chi connectivity index (χ1v) is 10.2. The van der Waals surface area contributed by atoms with Crippen LogP contribution in [0.5, 0.6) is 11.5 Å². The van der Waals surface area contributed by atoms with Crippen LogP contribution >= 0.6 is 0 Å². The molecule has 2 N–H and O–H groups in total. The number of pyridine rings is 2. The number of nitrogens with two attached hydrogens (primary N) is 1. The minimum absolute atomic E-state index is 0.0460. The van der Waals surface area contributed by atoms with Crippen molar-refractivity contribution in [3.63, 3.8) is 0 Å². The smallest absolute Gasteiger partial charge is 0.489 e. The summed E-state index contributed by atoms with van der Waals surface area (Å²) in [5, 5.41) is 0.237. The molecule has 33 heavy (non-hydrogen) atoms. The van der Waals surface area contributed by atoms with Gasteiger partial charge in [0.15, 0.2) is 5.75 Å². The van der Waals surface area contributed by atoms with Crippen molar-refractivity contribution in [2.45, 2.75) is 45.5 Å². The molecule has 0 fully saturated rings. The van der Waals surface area contributed by atoms with Crippen LogP contribution in [-0.4, -0.2) is 28.5 Å². The van der Waals surface area contributed by atoms with E-state index in [0.717, 1.165) is 18.2 Å². The lowest BCUT2D eigenvalue weighted by atomic mass is 9.93. The first kappa shape index (κ1) is 24.6. The Kier molecular flexibility index (Phi) is 7.06. The van der Waals surface area contributed by atoms with Crippen molar-refractivity contribution in [3.8, 4) is 22.8 Å². The van der Waals surface area contributed by atoms with E-state index in [1.165, 1.54) is 24.5 Å². The number of halogens is 5. The zero-order valence-corrected chi connectivity index (χ0v) is 18.3. The van der Waals surface area contributed by atoms with Gasteiger partial charge < -0.3 is 15.2 Å². The van der Waals surface area contributed by atoms with E-state index in [1.54, 1.807) is 6.92 Å². The molecule has 0 radical (unpaired) electrons. The first-order valence-electron chi connectivity index (χ1n) is 10.2. The monoisotopic (exact) mass is 469 g/mol. The van der Waals surface area contributed by atoms with Crippen molar-refractivity contribution in [1.29, 1.82) is 0 Å². The van der Waals surface area contributed by atoms with Crippen molar-refractivity contribution in [1.82, 2.24) is 9.97 Å². The maximum Gasteiger partial charge on any atom is 0.573 e. The molecule has 1 aromatic carbocycles. The van der Waals surface area contributed by atoms with E-state index in [0.29, 0.717) is 11.9 Å². The molecule has 0 saturated heterocycles. The average molecular weight is 469 g/mol. The molecular weight excluding hydrogens is 445 g/mol. The van der Waals surface area contributed by atoms with E-state index >= 15 is 0 Å². The van der Waals surface area contributed by atoms with Gasteiger partial charge in [0.2, 0.25) is 0 Å². The van der Waals surface area contributed by atoms with Crippen molar-refractivity contribution in [2.24, 2.45) is 11.7 Å². The molecule has 0 bridgehead atoms. The first-order chi connectivity index (χ1) is 15.4. The Labute approximate surface area is 187 Å². The standard InChI is InChI=1S/C23H24F5N3O2/c1-13(2)11-22(3,29)12-32-20-16(21(24)25)7-9-31-19(20)15-6-8-30-18-5-4-14(10-17(15)18)33-23(26,27)28/h4-10,13,21H,11-12,29H2,1-3H3/t22-/m0/s1. The Balaban J connectivity index is 2.12. The molecule has 0 aliphatic carbocycles. The number of nitrogens with zero attached hydrogens (tertiary/aromatic N) is 2. The second kappa shape index (κ2) is 9.46. The third-order valence-electron chi connectivity index (χ3n) is 4.79. The third-order valence-corrected chi connectivity index (χ3v) is 4.79. The van der Waals surface area contributed by atoms with Gasteiger partial charge >= 0.3 is 6.36 Å². The molecule has 3 rings (SSSR count). The Bertz CT molecular complexity index is 1120. The summed E-state index contributed by atoms with van der Waals surface area (Å²) in [5.74, 6) is -0.395. The molecule has 1 atom stereocenters. The fourth-order valence-corrected chi connectivity index (χ4v) is 3.74. The van der Waals surface area contributed by atoms with Gasteiger partial charge in [-0.2, -0.15) is 0 Å². The maximum atomic E-state index is 13.8. The predicted molar refractivity (Wildman–Crippen MR) is 114 cm³/mol. The lowest BCUT2D eigenvalue weighted by Gasteiger charge is -2.27. The summed E-state index contributed by atoms with van der Waals surface area (Å²) in [4.78, 5) is 8.35. The fraction of sp³-hybridized carbons (Fsp3) is 0.391. The van der Waals surface area contributed by atoms with Gasteiger partial charge in [-0.25, -0.2) is 8.78 Å². The molecule has 0 spiro atoms. The topological polar surface area (TPSA) is 70.3 Å². The van der Waals surface area contributed by atoms with E-state index < -0.39 is 29.6 Å².